The lowest BCUT2D eigenvalue weighted by Crippen LogP contribution is -2.06. The fraction of sp³-hybridized carbons (Fsp3) is 0.259. The van der Waals surface area contributed by atoms with Gasteiger partial charge in [0.2, 0.25) is 0 Å². The van der Waals surface area contributed by atoms with Crippen molar-refractivity contribution in [3.63, 3.8) is 0 Å². The summed E-state index contributed by atoms with van der Waals surface area (Å²) in [4.78, 5) is 0. The van der Waals surface area contributed by atoms with Gasteiger partial charge in [-0.05, 0) is 85.8 Å². The summed E-state index contributed by atoms with van der Waals surface area (Å²) in [6.07, 6.45) is 2.59. The zero-order valence-electron chi connectivity index (χ0n) is 18.5. The van der Waals surface area contributed by atoms with E-state index in [2.05, 4.69) is 56.1 Å². The Kier molecular flexibility index (Phi) is 8.02. The maximum absolute atomic E-state index is 6.21. The lowest BCUT2D eigenvalue weighted by Gasteiger charge is -2.18. The van der Waals surface area contributed by atoms with Crippen molar-refractivity contribution in [1.29, 1.82) is 0 Å². The van der Waals surface area contributed by atoms with Crippen LogP contribution >= 0.6 is 11.6 Å². The summed E-state index contributed by atoms with van der Waals surface area (Å²) in [6.45, 7) is 11.9. The molecule has 0 aliphatic rings. The minimum atomic E-state index is 0.446. The molecule has 3 aromatic carbocycles. The predicted octanol–water partition coefficient (Wildman–Crippen LogP) is 7.28. The first-order chi connectivity index (χ1) is 15.0. The number of rotatable bonds is 10. The molecule has 0 fully saturated rings. The van der Waals surface area contributed by atoms with E-state index in [0.717, 1.165) is 33.9 Å². The molecule has 0 saturated carbocycles. The Morgan fingerprint density at radius 1 is 0.935 bits per heavy atom. The van der Waals surface area contributed by atoms with Crippen LogP contribution in [0, 0.1) is 13.8 Å². The molecule has 3 nitrogen and oxygen atoms in total. The summed E-state index contributed by atoms with van der Waals surface area (Å²) in [5.74, 6) is 1.53. The van der Waals surface area contributed by atoms with Crippen molar-refractivity contribution in [2.75, 3.05) is 11.9 Å². The van der Waals surface area contributed by atoms with Gasteiger partial charge in [0.15, 0.2) is 11.5 Å². The van der Waals surface area contributed by atoms with Crippen LogP contribution in [0.2, 0.25) is 5.02 Å². The van der Waals surface area contributed by atoms with Crippen molar-refractivity contribution < 1.29 is 9.47 Å². The van der Waals surface area contributed by atoms with E-state index in [0.29, 0.717) is 31.2 Å². The topological polar surface area (TPSA) is 30.5 Å². The third kappa shape index (κ3) is 6.28. The van der Waals surface area contributed by atoms with E-state index >= 15 is 0 Å². The molecule has 0 aromatic heterocycles. The first-order valence-corrected chi connectivity index (χ1v) is 11.0. The number of nitrogens with one attached hydrogen (secondary N) is 1. The molecular formula is C27H30ClNO2. The predicted molar refractivity (Wildman–Crippen MR) is 131 cm³/mol. The van der Waals surface area contributed by atoms with Crippen LogP contribution in [-0.4, -0.2) is 6.61 Å². The van der Waals surface area contributed by atoms with Crippen LogP contribution in [0.1, 0.15) is 34.7 Å². The highest BCUT2D eigenvalue weighted by molar-refractivity contribution is 6.30. The molecule has 0 spiro atoms. The molecule has 4 heteroatoms. The van der Waals surface area contributed by atoms with Gasteiger partial charge in [-0.15, -0.1) is 6.58 Å². The highest BCUT2D eigenvalue weighted by Gasteiger charge is 2.14. The summed E-state index contributed by atoms with van der Waals surface area (Å²) in [7, 11) is 0. The maximum Gasteiger partial charge on any atom is 0.165 e. The number of benzene rings is 3. The summed E-state index contributed by atoms with van der Waals surface area (Å²) in [5.41, 5.74) is 6.92. The number of anilines is 1. The molecule has 1 N–H and O–H groups in total. The monoisotopic (exact) mass is 435 g/mol. The standard InChI is InChI=1S/C27H30ClNO2/c1-5-7-23-15-22(17-29-25-13-8-19(3)20(4)14-25)16-26(30-6-2)27(23)31-18-21-9-11-24(28)12-10-21/h5,8-16,29H,1,6-7,17-18H2,2-4H3. The zero-order valence-corrected chi connectivity index (χ0v) is 19.3. The summed E-state index contributed by atoms with van der Waals surface area (Å²) in [6, 6.07) is 18.3. The second-order valence-electron chi connectivity index (χ2n) is 7.58. The van der Waals surface area contributed by atoms with Crippen LogP contribution in [0.15, 0.2) is 67.3 Å². The smallest absolute Gasteiger partial charge is 0.165 e. The number of hydrogen-bond acceptors (Lipinski definition) is 3. The third-order valence-electron chi connectivity index (χ3n) is 5.16. The molecule has 0 amide bonds. The Labute approximate surface area is 190 Å². The van der Waals surface area contributed by atoms with Crippen LogP contribution in [0.25, 0.3) is 0 Å². The van der Waals surface area contributed by atoms with E-state index in [9.17, 15) is 0 Å². The van der Waals surface area contributed by atoms with Gasteiger partial charge >= 0.3 is 0 Å². The van der Waals surface area contributed by atoms with Crippen molar-refractivity contribution in [2.24, 2.45) is 0 Å². The summed E-state index contributed by atoms with van der Waals surface area (Å²) >= 11 is 5.99. The Balaban J connectivity index is 1.82. The highest BCUT2D eigenvalue weighted by Crippen LogP contribution is 2.35. The van der Waals surface area contributed by atoms with Gasteiger partial charge in [0.1, 0.15) is 6.61 Å². The van der Waals surface area contributed by atoms with Crippen LogP contribution in [-0.2, 0) is 19.6 Å². The van der Waals surface area contributed by atoms with Gasteiger partial charge in [-0.2, -0.15) is 0 Å². The van der Waals surface area contributed by atoms with Crippen molar-refractivity contribution >= 4 is 17.3 Å². The van der Waals surface area contributed by atoms with E-state index < -0.39 is 0 Å². The number of hydrogen-bond donors (Lipinski definition) is 1. The van der Waals surface area contributed by atoms with Crippen LogP contribution in [0.3, 0.4) is 0 Å². The molecular weight excluding hydrogens is 406 g/mol. The zero-order chi connectivity index (χ0) is 22.2. The van der Waals surface area contributed by atoms with Gasteiger partial charge in [0.05, 0.1) is 6.61 Å². The Morgan fingerprint density at radius 2 is 1.71 bits per heavy atom. The van der Waals surface area contributed by atoms with E-state index in [4.69, 9.17) is 21.1 Å². The molecule has 0 aliphatic carbocycles. The minimum Gasteiger partial charge on any atom is -0.490 e. The minimum absolute atomic E-state index is 0.446. The van der Waals surface area contributed by atoms with Gasteiger partial charge in [-0.3, -0.25) is 0 Å². The molecule has 0 unspecified atom stereocenters. The molecule has 31 heavy (non-hydrogen) atoms. The fourth-order valence-electron chi connectivity index (χ4n) is 3.35. The fourth-order valence-corrected chi connectivity index (χ4v) is 3.48. The number of ether oxygens (including phenoxy) is 2. The molecule has 162 valence electrons. The molecule has 3 rings (SSSR count). The van der Waals surface area contributed by atoms with E-state index in [-0.39, 0.29) is 0 Å². The Bertz CT molecular complexity index is 1030. The van der Waals surface area contributed by atoms with Crippen LogP contribution < -0.4 is 14.8 Å². The summed E-state index contributed by atoms with van der Waals surface area (Å²) in [5, 5.41) is 4.23. The first-order valence-electron chi connectivity index (χ1n) is 10.6. The molecule has 0 saturated heterocycles. The van der Waals surface area contributed by atoms with Gasteiger partial charge in [0, 0.05) is 22.8 Å². The second kappa shape index (κ2) is 10.9. The third-order valence-corrected chi connectivity index (χ3v) is 5.41. The van der Waals surface area contributed by atoms with E-state index in [1.165, 1.54) is 11.1 Å². The van der Waals surface area contributed by atoms with Crippen molar-refractivity contribution in [3.8, 4) is 11.5 Å². The Morgan fingerprint density at radius 3 is 2.39 bits per heavy atom. The first kappa shape index (κ1) is 22.8. The van der Waals surface area contributed by atoms with E-state index in [1.54, 1.807) is 0 Å². The van der Waals surface area contributed by atoms with Gasteiger partial charge in [0.25, 0.3) is 0 Å². The Hall–Kier alpha value is -2.91. The lowest BCUT2D eigenvalue weighted by atomic mass is 10.0. The lowest BCUT2D eigenvalue weighted by molar-refractivity contribution is 0.267. The highest BCUT2D eigenvalue weighted by atomic mass is 35.5. The maximum atomic E-state index is 6.21. The van der Waals surface area contributed by atoms with Crippen molar-refractivity contribution in [3.05, 3.63) is 100 Å². The normalized spacial score (nSPS) is 10.6. The van der Waals surface area contributed by atoms with Gasteiger partial charge in [-0.1, -0.05) is 35.9 Å². The largest absolute Gasteiger partial charge is 0.490 e. The van der Waals surface area contributed by atoms with Crippen molar-refractivity contribution in [1.82, 2.24) is 0 Å². The molecule has 0 bridgehead atoms. The number of halogens is 1. The molecule has 0 heterocycles. The molecule has 3 aromatic rings. The summed E-state index contributed by atoms with van der Waals surface area (Å²) < 4.78 is 12.2. The average Bonchev–Trinajstić information content (AvgIpc) is 2.75. The van der Waals surface area contributed by atoms with Gasteiger partial charge in [-0.25, -0.2) is 0 Å². The average molecular weight is 436 g/mol. The van der Waals surface area contributed by atoms with E-state index in [1.807, 2.05) is 37.3 Å². The molecule has 0 aliphatic heterocycles. The second-order valence-corrected chi connectivity index (χ2v) is 8.01. The van der Waals surface area contributed by atoms with Crippen molar-refractivity contribution in [2.45, 2.75) is 40.3 Å². The molecule has 0 atom stereocenters. The van der Waals surface area contributed by atoms with Crippen LogP contribution in [0.5, 0.6) is 11.5 Å². The number of aryl methyl sites for hydroxylation is 2. The molecule has 0 radical (unpaired) electrons. The van der Waals surface area contributed by atoms with Crippen LogP contribution in [0.4, 0.5) is 5.69 Å². The number of allylic oxidation sites excluding steroid dienone is 1. The van der Waals surface area contributed by atoms with Gasteiger partial charge < -0.3 is 14.8 Å². The SMILES string of the molecule is C=CCc1cc(CNc2ccc(C)c(C)c2)cc(OCC)c1OCc1ccc(Cl)cc1. The quantitative estimate of drug-likeness (QED) is 0.339.